The molecule has 0 atom stereocenters. The van der Waals surface area contributed by atoms with Gasteiger partial charge in [-0.1, -0.05) is 41.6 Å². The van der Waals surface area contributed by atoms with Gasteiger partial charge in [-0.2, -0.15) is 5.10 Å². The molecule has 160 valence electrons. The normalized spacial score (nSPS) is 10.9. The number of thioether (sulfide) groups is 1. The third kappa shape index (κ3) is 6.94. The monoisotopic (exact) mass is 458 g/mol. The number of hydrogen-bond acceptors (Lipinski definition) is 6. The van der Waals surface area contributed by atoms with Gasteiger partial charge in [0.2, 0.25) is 0 Å². The van der Waals surface area contributed by atoms with Crippen LogP contribution in [0, 0.1) is 5.82 Å². The highest BCUT2D eigenvalue weighted by Gasteiger charge is 2.13. The highest BCUT2D eigenvalue weighted by Crippen LogP contribution is 2.19. The van der Waals surface area contributed by atoms with E-state index in [4.69, 9.17) is 11.6 Å². The van der Waals surface area contributed by atoms with Crippen LogP contribution in [0.1, 0.15) is 11.4 Å². The molecule has 2 N–H and O–H groups in total. The minimum absolute atomic E-state index is 0.112. The summed E-state index contributed by atoms with van der Waals surface area (Å²) in [7, 11) is 0. The van der Waals surface area contributed by atoms with Crippen molar-refractivity contribution in [1.82, 2.24) is 20.2 Å². The summed E-state index contributed by atoms with van der Waals surface area (Å²) in [5.74, 6) is 0.203. The molecule has 0 saturated heterocycles. The van der Waals surface area contributed by atoms with Gasteiger partial charge in [0, 0.05) is 17.3 Å². The van der Waals surface area contributed by atoms with Crippen molar-refractivity contribution in [2.45, 2.75) is 18.2 Å². The summed E-state index contributed by atoms with van der Waals surface area (Å²) in [5, 5.41) is 16.8. The summed E-state index contributed by atoms with van der Waals surface area (Å²) in [6.07, 6.45) is 3.19. The number of nitrogens with one attached hydrogen (secondary N) is 2. The standard InChI is InChI=1S/C21H20ClFN6OS/c1-2-11-29-19(13-24-18-9-5-16(22)6-10-18)26-28-21(29)31-14-20(30)27-25-12-15-3-7-17(23)8-4-15/h2-10,12,24H,1,11,13-14H2,(H,27,30). The molecule has 31 heavy (non-hydrogen) atoms. The fourth-order valence-electron chi connectivity index (χ4n) is 2.51. The Balaban J connectivity index is 1.54. The molecule has 1 amide bonds. The lowest BCUT2D eigenvalue weighted by atomic mass is 10.2. The van der Waals surface area contributed by atoms with E-state index in [9.17, 15) is 9.18 Å². The molecule has 1 aromatic heterocycles. The first kappa shape index (κ1) is 22.5. The van der Waals surface area contributed by atoms with Crippen molar-refractivity contribution < 1.29 is 9.18 Å². The maximum atomic E-state index is 12.9. The van der Waals surface area contributed by atoms with E-state index < -0.39 is 0 Å². The highest BCUT2D eigenvalue weighted by atomic mass is 35.5. The van der Waals surface area contributed by atoms with Crippen LogP contribution in [-0.4, -0.2) is 32.6 Å². The zero-order valence-corrected chi connectivity index (χ0v) is 18.0. The number of nitrogens with zero attached hydrogens (tertiary/aromatic N) is 4. The Kier molecular flexibility index (Phi) is 8.19. The van der Waals surface area contributed by atoms with E-state index in [0.29, 0.717) is 34.7 Å². The molecular weight excluding hydrogens is 439 g/mol. The second kappa shape index (κ2) is 11.3. The lowest BCUT2D eigenvalue weighted by molar-refractivity contribution is -0.118. The van der Waals surface area contributed by atoms with Gasteiger partial charge in [0.15, 0.2) is 11.0 Å². The van der Waals surface area contributed by atoms with Crippen molar-refractivity contribution in [3.05, 3.63) is 83.4 Å². The zero-order chi connectivity index (χ0) is 22.1. The molecule has 3 rings (SSSR count). The van der Waals surface area contributed by atoms with Gasteiger partial charge in [0.05, 0.1) is 18.5 Å². The maximum absolute atomic E-state index is 12.9. The number of benzene rings is 2. The van der Waals surface area contributed by atoms with E-state index in [-0.39, 0.29) is 17.5 Å². The fraction of sp³-hybridized carbons (Fsp3) is 0.143. The average molecular weight is 459 g/mol. The summed E-state index contributed by atoms with van der Waals surface area (Å²) in [4.78, 5) is 12.1. The van der Waals surface area contributed by atoms with Crippen LogP contribution in [0.25, 0.3) is 0 Å². The van der Waals surface area contributed by atoms with E-state index in [0.717, 1.165) is 5.69 Å². The minimum atomic E-state index is -0.330. The van der Waals surface area contributed by atoms with Crippen LogP contribution in [0.15, 0.2) is 71.4 Å². The van der Waals surface area contributed by atoms with Crippen molar-refractivity contribution in [2.75, 3.05) is 11.1 Å². The van der Waals surface area contributed by atoms with E-state index >= 15 is 0 Å². The first-order chi connectivity index (χ1) is 15.0. The average Bonchev–Trinajstić information content (AvgIpc) is 3.15. The Morgan fingerprint density at radius 3 is 2.65 bits per heavy atom. The summed E-state index contributed by atoms with van der Waals surface area (Å²) in [6, 6.07) is 13.1. The topological polar surface area (TPSA) is 84.2 Å². The predicted molar refractivity (Wildman–Crippen MR) is 122 cm³/mol. The van der Waals surface area contributed by atoms with Crippen molar-refractivity contribution in [3.8, 4) is 0 Å². The van der Waals surface area contributed by atoms with Gasteiger partial charge >= 0.3 is 0 Å². The number of carbonyl (C=O) groups is 1. The van der Waals surface area contributed by atoms with E-state index in [1.165, 1.54) is 30.1 Å². The molecule has 0 fully saturated rings. The van der Waals surface area contributed by atoms with Gasteiger partial charge in [-0.05, 0) is 42.0 Å². The summed E-state index contributed by atoms with van der Waals surface area (Å²) in [5.41, 5.74) is 4.03. The van der Waals surface area contributed by atoms with Gasteiger partial charge in [-0.15, -0.1) is 16.8 Å². The Labute approximate surface area is 188 Å². The lowest BCUT2D eigenvalue weighted by Crippen LogP contribution is -2.20. The molecule has 2 aromatic carbocycles. The molecule has 0 aliphatic carbocycles. The van der Waals surface area contributed by atoms with E-state index in [2.05, 4.69) is 32.6 Å². The fourth-order valence-corrected chi connectivity index (χ4v) is 3.39. The lowest BCUT2D eigenvalue weighted by Gasteiger charge is -2.09. The smallest absolute Gasteiger partial charge is 0.250 e. The van der Waals surface area contributed by atoms with E-state index in [1.54, 1.807) is 30.3 Å². The summed E-state index contributed by atoms with van der Waals surface area (Å²) >= 11 is 7.15. The molecular formula is C21H20ClFN6OS. The van der Waals surface area contributed by atoms with Crippen molar-refractivity contribution in [3.63, 3.8) is 0 Å². The number of hydrazone groups is 1. The molecule has 0 aliphatic rings. The number of carbonyl (C=O) groups excluding carboxylic acids is 1. The molecule has 3 aromatic rings. The van der Waals surface area contributed by atoms with Gasteiger partial charge < -0.3 is 9.88 Å². The third-order valence-corrected chi connectivity index (χ3v) is 5.22. The largest absolute Gasteiger partial charge is 0.378 e. The van der Waals surface area contributed by atoms with Crippen LogP contribution in [0.3, 0.4) is 0 Å². The Morgan fingerprint density at radius 2 is 1.94 bits per heavy atom. The van der Waals surface area contributed by atoms with Crippen molar-refractivity contribution in [1.29, 1.82) is 0 Å². The number of aromatic nitrogens is 3. The quantitative estimate of drug-likeness (QED) is 0.207. The van der Waals surface area contributed by atoms with Crippen LogP contribution in [0.5, 0.6) is 0 Å². The minimum Gasteiger partial charge on any atom is -0.378 e. The first-order valence-corrected chi connectivity index (χ1v) is 10.6. The van der Waals surface area contributed by atoms with Crippen LogP contribution >= 0.6 is 23.4 Å². The molecule has 10 heteroatoms. The van der Waals surface area contributed by atoms with Gasteiger partial charge in [-0.25, -0.2) is 9.82 Å². The van der Waals surface area contributed by atoms with E-state index in [1.807, 2.05) is 16.7 Å². The van der Waals surface area contributed by atoms with Gasteiger partial charge in [0.1, 0.15) is 5.82 Å². The van der Waals surface area contributed by atoms with Gasteiger partial charge in [0.25, 0.3) is 5.91 Å². The van der Waals surface area contributed by atoms with Crippen LogP contribution in [0.2, 0.25) is 5.02 Å². The molecule has 1 heterocycles. The summed E-state index contributed by atoms with van der Waals surface area (Å²) in [6.45, 7) is 4.74. The second-order valence-electron chi connectivity index (χ2n) is 6.29. The number of amides is 1. The molecule has 0 aliphatic heterocycles. The first-order valence-electron chi connectivity index (χ1n) is 9.28. The number of halogens is 2. The molecule has 0 bridgehead atoms. The summed E-state index contributed by atoms with van der Waals surface area (Å²) < 4.78 is 14.8. The number of anilines is 1. The number of hydrogen-bond donors (Lipinski definition) is 2. The molecule has 0 spiro atoms. The van der Waals surface area contributed by atoms with Crippen molar-refractivity contribution in [2.24, 2.45) is 5.10 Å². The Morgan fingerprint density at radius 1 is 1.19 bits per heavy atom. The number of rotatable bonds is 10. The van der Waals surface area contributed by atoms with Crippen LogP contribution < -0.4 is 10.7 Å². The molecule has 7 nitrogen and oxygen atoms in total. The highest BCUT2D eigenvalue weighted by molar-refractivity contribution is 7.99. The van der Waals surface area contributed by atoms with Gasteiger partial charge in [-0.3, -0.25) is 4.79 Å². The van der Waals surface area contributed by atoms with Crippen LogP contribution in [-0.2, 0) is 17.9 Å². The molecule has 0 saturated carbocycles. The van der Waals surface area contributed by atoms with Crippen molar-refractivity contribution >= 4 is 41.2 Å². The third-order valence-electron chi connectivity index (χ3n) is 4.01. The molecule has 0 unspecified atom stereocenters. The SMILES string of the molecule is C=CCn1c(CNc2ccc(Cl)cc2)nnc1SCC(=O)NN=Cc1ccc(F)cc1. The molecule has 0 radical (unpaired) electrons. The Hall–Kier alpha value is -3.17. The zero-order valence-electron chi connectivity index (χ0n) is 16.5. The Bertz CT molecular complexity index is 1050. The van der Waals surface area contributed by atoms with Crippen LogP contribution in [0.4, 0.5) is 10.1 Å². The second-order valence-corrected chi connectivity index (χ2v) is 7.67. The number of allylic oxidation sites excluding steroid dienone is 1. The maximum Gasteiger partial charge on any atom is 0.250 e. The predicted octanol–water partition coefficient (Wildman–Crippen LogP) is 4.11.